The Kier molecular flexibility index (Phi) is 4.57. The lowest BCUT2D eigenvalue weighted by Gasteiger charge is -2.04. The third kappa shape index (κ3) is 3.52. The van der Waals surface area contributed by atoms with Crippen molar-refractivity contribution >= 4 is 17.2 Å². The van der Waals surface area contributed by atoms with Gasteiger partial charge in [-0.1, -0.05) is 65.9 Å². The molecule has 0 N–H and O–H groups in total. The van der Waals surface area contributed by atoms with E-state index in [1.165, 1.54) is 21.6 Å². The third-order valence-electron chi connectivity index (χ3n) is 4.18. The Morgan fingerprint density at radius 1 is 1.04 bits per heavy atom. The van der Waals surface area contributed by atoms with E-state index in [0.29, 0.717) is 17.8 Å². The van der Waals surface area contributed by atoms with Gasteiger partial charge >= 0.3 is 0 Å². The van der Waals surface area contributed by atoms with Gasteiger partial charge in [0, 0.05) is 12.1 Å². The molecule has 2 aromatic heterocycles. The fraction of sp³-hybridized carbons (Fsp3) is 0.100. The number of hydrogen-bond donors (Lipinski definition) is 0. The van der Waals surface area contributed by atoms with Crippen molar-refractivity contribution in [3.05, 3.63) is 94.3 Å². The fourth-order valence-corrected chi connectivity index (χ4v) is 2.78. The van der Waals surface area contributed by atoms with Gasteiger partial charge in [-0.15, -0.1) is 5.10 Å². The minimum absolute atomic E-state index is 0.160. The van der Waals surface area contributed by atoms with Crippen molar-refractivity contribution in [3.8, 4) is 0 Å². The van der Waals surface area contributed by atoms with Crippen molar-refractivity contribution in [2.45, 2.75) is 13.1 Å². The average Bonchev–Trinajstić information content (AvgIpc) is 3.10. The van der Waals surface area contributed by atoms with E-state index in [-0.39, 0.29) is 23.4 Å². The molecule has 134 valence electrons. The molecule has 0 saturated carbocycles. The molecule has 0 unspecified atom stereocenters. The van der Waals surface area contributed by atoms with E-state index < -0.39 is 0 Å². The third-order valence-corrected chi connectivity index (χ3v) is 4.18. The summed E-state index contributed by atoms with van der Waals surface area (Å²) in [6.45, 7) is 0.532. The standard InChI is InChI=1S/C20H16FN5O/c21-17-11-5-4-10-16(17)13-26-19-18(23-24-26)20(27)25(14-22-19)12-6-9-15-7-2-1-3-8-15/h1-11,14H,12-13H2/b9-6+. The van der Waals surface area contributed by atoms with Crippen LogP contribution in [0.4, 0.5) is 4.39 Å². The number of aromatic nitrogens is 5. The summed E-state index contributed by atoms with van der Waals surface area (Å²) in [7, 11) is 0. The zero-order chi connectivity index (χ0) is 18.6. The lowest BCUT2D eigenvalue weighted by Crippen LogP contribution is -2.20. The molecule has 7 heteroatoms. The molecule has 0 spiro atoms. The molecular weight excluding hydrogens is 345 g/mol. The first-order valence-corrected chi connectivity index (χ1v) is 8.46. The van der Waals surface area contributed by atoms with E-state index >= 15 is 0 Å². The molecular formula is C20H16FN5O. The lowest BCUT2D eigenvalue weighted by molar-refractivity contribution is 0.582. The van der Waals surface area contributed by atoms with Crippen molar-refractivity contribution < 1.29 is 4.39 Å². The van der Waals surface area contributed by atoms with Gasteiger partial charge in [-0.05, 0) is 11.6 Å². The highest BCUT2D eigenvalue weighted by Crippen LogP contribution is 2.11. The highest BCUT2D eigenvalue weighted by molar-refractivity contribution is 5.67. The first kappa shape index (κ1) is 16.8. The van der Waals surface area contributed by atoms with Gasteiger partial charge in [0.15, 0.2) is 11.2 Å². The average molecular weight is 361 g/mol. The maximum absolute atomic E-state index is 13.8. The van der Waals surface area contributed by atoms with E-state index in [2.05, 4.69) is 15.3 Å². The molecule has 0 radical (unpaired) electrons. The minimum Gasteiger partial charge on any atom is -0.293 e. The van der Waals surface area contributed by atoms with Crippen LogP contribution in [0.15, 0.2) is 71.8 Å². The summed E-state index contributed by atoms with van der Waals surface area (Å²) in [5.41, 5.74) is 1.74. The molecule has 0 atom stereocenters. The van der Waals surface area contributed by atoms with Crippen LogP contribution in [-0.4, -0.2) is 24.5 Å². The monoisotopic (exact) mass is 361 g/mol. The molecule has 0 amide bonds. The van der Waals surface area contributed by atoms with Crippen LogP contribution in [0.3, 0.4) is 0 Å². The van der Waals surface area contributed by atoms with E-state index in [1.807, 2.05) is 42.5 Å². The summed E-state index contributed by atoms with van der Waals surface area (Å²) in [4.78, 5) is 16.9. The zero-order valence-corrected chi connectivity index (χ0v) is 14.4. The van der Waals surface area contributed by atoms with Gasteiger partial charge in [-0.25, -0.2) is 14.1 Å². The molecule has 0 bridgehead atoms. The Hall–Kier alpha value is -3.61. The first-order valence-electron chi connectivity index (χ1n) is 8.46. The molecule has 0 aliphatic heterocycles. The predicted molar refractivity (Wildman–Crippen MR) is 101 cm³/mol. The zero-order valence-electron chi connectivity index (χ0n) is 14.4. The second-order valence-corrected chi connectivity index (χ2v) is 6.03. The van der Waals surface area contributed by atoms with E-state index in [1.54, 1.807) is 18.2 Å². The predicted octanol–water partition coefficient (Wildman–Crippen LogP) is 2.89. The van der Waals surface area contributed by atoms with Gasteiger partial charge in [-0.2, -0.15) is 0 Å². The van der Waals surface area contributed by atoms with Crippen LogP contribution in [0, 0.1) is 5.82 Å². The van der Waals surface area contributed by atoms with Gasteiger partial charge in [0.25, 0.3) is 5.56 Å². The molecule has 0 aliphatic rings. The number of rotatable bonds is 5. The van der Waals surface area contributed by atoms with Gasteiger partial charge in [0.05, 0.1) is 6.54 Å². The van der Waals surface area contributed by atoms with Crippen LogP contribution in [0.5, 0.6) is 0 Å². The van der Waals surface area contributed by atoms with Crippen LogP contribution >= 0.6 is 0 Å². The Labute approximate surface area is 154 Å². The number of allylic oxidation sites excluding steroid dienone is 1. The summed E-state index contributed by atoms with van der Waals surface area (Å²) in [6, 6.07) is 16.2. The Morgan fingerprint density at radius 3 is 2.63 bits per heavy atom. The summed E-state index contributed by atoms with van der Waals surface area (Å²) >= 11 is 0. The maximum Gasteiger partial charge on any atom is 0.283 e. The molecule has 27 heavy (non-hydrogen) atoms. The lowest BCUT2D eigenvalue weighted by atomic mass is 10.2. The second kappa shape index (κ2) is 7.33. The van der Waals surface area contributed by atoms with Crippen LogP contribution in [-0.2, 0) is 13.1 Å². The van der Waals surface area contributed by atoms with Gasteiger partial charge in [0.2, 0.25) is 0 Å². The maximum atomic E-state index is 13.8. The summed E-state index contributed by atoms with van der Waals surface area (Å²) in [5, 5.41) is 7.91. The number of benzene rings is 2. The number of hydrogen-bond acceptors (Lipinski definition) is 4. The van der Waals surface area contributed by atoms with Gasteiger partial charge < -0.3 is 0 Å². The van der Waals surface area contributed by atoms with E-state index in [0.717, 1.165) is 5.56 Å². The first-order chi connectivity index (χ1) is 13.2. The van der Waals surface area contributed by atoms with Crippen LogP contribution in [0.25, 0.3) is 17.2 Å². The molecule has 4 rings (SSSR count). The van der Waals surface area contributed by atoms with Crippen molar-refractivity contribution in [1.29, 1.82) is 0 Å². The topological polar surface area (TPSA) is 65.6 Å². The van der Waals surface area contributed by atoms with Crippen LogP contribution in [0.1, 0.15) is 11.1 Å². The normalized spacial score (nSPS) is 11.4. The van der Waals surface area contributed by atoms with Crippen molar-refractivity contribution in [2.24, 2.45) is 0 Å². The van der Waals surface area contributed by atoms with Crippen molar-refractivity contribution in [3.63, 3.8) is 0 Å². The highest BCUT2D eigenvalue weighted by atomic mass is 19.1. The molecule has 6 nitrogen and oxygen atoms in total. The summed E-state index contributed by atoms with van der Waals surface area (Å²) in [6.07, 6.45) is 5.28. The Bertz CT molecular complexity index is 1160. The summed E-state index contributed by atoms with van der Waals surface area (Å²) < 4.78 is 16.7. The Morgan fingerprint density at radius 2 is 1.81 bits per heavy atom. The smallest absolute Gasteiger partial charge is 0.283 e. The highest BCUT2D eigenvalue weighted by Gasteiger charge is 2.13. The van der Waals surface area contributed by atoms with Crippen LogP contribution < -0.4 is 5.56 Å². The van der Waals surface area contributed by atoms with Crippen molar-refractivity contribution in [2.75, 3.05) is 0 Å². The molecule has 4 aromatic rings. The summed E-state index contributed by atoms with van der Waals surface area (Å²) in [5.74, 6) is -0.333. The quantitative estimate of drug-likeness (QED) is 0.548. The number of fused-ring (bicyclic) bond motifs is 1. The van der Waals surface area contributed by atoms with Crippen molar-refractivity contribution in [1.82, 2.24) is 24.5 Å². The minimum atomic E-state index is -0.333. The van der Waals surface area contributed by atoms with Gasteiger partial charge in [0.1, 0.15) is 12.1 Å². The molecule has 0 fully saturated rings. The number of halogens is 1. The Balaban J connectivity index is 1.59. The fourth-order valence-electron chi connectivity index (χ4n) is 2.78. The van der Waals surface area contributed by atoms with Gasteiger partial charge in [-0.3, -0.25) is 9.36 Å². The molecule has 2 aromatic carbocycles. The van der Waals surface area contributed by atoms with E-state index in [4.69, 9.17) is 0 Å². The largest absolute Gasteiger partial charge is 0.293 e. The molecule has 0 saturated heterocycles. The van der Waals surface area contributed by atoms with Crippen LogP contribution in [0.2, 0.25) is 0 Å². The molecule has 0 aliphatic carbocycles. The SMILES string of the molecule is O=c1c2nnn(Cc3ccccc3F)c2ncn1C/C=C/c1ccccc1. The second-order valence-electron chi connectivity index (χ2n) is 6.03. The van der Waals surface area contributed by atoms with E-state index in [9.17, 15) is 9.18 Å². The molecule has 2 heterocycles. The number of nitrogens with zero attached hydrogens (tertiary/aromatic N) is 5.